The molecule has 1 atom stereocenters. The van der Waals surface area contributed by atoms with E-state index >= 15 is 0 Å². The summed E-state index contributed by atoms with van der Waals surface area (Å²) in [6.07, 6.45) is 9.53. The van der Waals surface area contributed by atoms with Crippen molar-refractivity contribution in [3.8, 4) is 0 Å². The number of H-pyrrole nitrogens is 1. The van der Waals surface area contributed by atoms with Crippen LogP contribution in [0.4, 0.5) is 6.01 Å². The number of hydrogen-bond donors (Lipinski definition) is 1. The van der Waals surface area contributed by atoms with Crippen LogP contribution < -0.4 is 4.90 Å². The number of aliphatic imine (C=N–C) groups is 1. The Morgan fingerprint density at radius 1 is 1.36 bits per heavy atom. The summed E-state index contributed by atoms with van der Waals surface area (Å²) >= 11 is 0. The standard InChI is InChI=1S/C24H26N8O/c1-5-10-25-17(6-2)23-28-29-24(33-23)31-12-9-18-21(27-14-26-18)22(31)19-13-20-16(15(3)4)8-7-11-32(20)30-19/h5-8,10-11,13-15,22H,1,9,12H2,2-4H3,(H,26,27)/b17-6-,25-10-/t22-/m0/s1. The maximum absolute atomic E-state index is 6.07. The second kappa shape index (κ2) is 8.50. The molecule has 9 heteroatoms. The maximum atomic E-state index is 6.07. The molecular formula is C24H26N8O. The summed E-state index contributed by atoms with van der Waals surface area (Å²) in [6, 6.07) is 6.48. The number of rotatable bonds is 6. The van der Waals surface area contributed by atoms with Crippen molar-refractivity contribution in [3.63, 3.8) is 0 Å². The summed E-state index contributed by atoms with van der Waals surface area (Å²) < 4.78 is 8.00. The number of hydrogen-bond acceptors (Lipinski definition) is 7. The predicted octanol–water partition coefficient (Wildman–Crippen LogP) is 4.33. The third-order valence-electron chi connectivity index (χ3n) is 5.85. The van der Waals surface area contributed by atoms with Crippen molar-refractivity contribution in [2.45, 2.75) is 39.2 Å². The Balaban J connectivity index is 1.59. The van der Waals surface area contributed by atoms with Gasteiger partial charge in [0.25, 0.3) is 5.89 Å². The first kappa shape index (κ1) is 20.9. The molecule has 33 heavy (non-hydrogen) atoms. The van der Waals surface area contributed by atoms with E-state index < -0.39 is 0 Å². The number of anilines is 1. The van der Waals surface area contributed by atoms with Crippen LogP contribution in [-0.2, 0) is 6.42 Å². The van der Waals surface area contributed by atoms with Crippen molar-refractivity contribution in [3.05, 3.63) is 78.0 Å². The highest BCUT2D eigenvalue weighted by molar-refractivity contribution is 5.77. The molecule has 9 nitrogen and oxygen atoms in total. The number of nitrogens with one attached hydrogen (secondary N) is 1. The third-order valence-corrected chi connectivity index (χ3v) is 5.85. The zero-order valence-electron chi connectivity index (χ0n) is 18.9. The third kappa shape index (κ3) is 3.65. The second-order valence-electron chi connectivity index (χ2n) is 8.21. The first-order chi connectivity index (χ1) is 16.1. The Hall–Kier alpha value is -4.01. The molecule has 1 N–H and O–H groups in total. The summed E-state index contributed by atoms with van der Waals surface area (Å²) in [5.74, 6) is 0.741. The Labute approximate surface area is 191 Å². The maximum Gasteiger partial charge on any atom is 0.319 e. The number of aromatic amines is 1. The van der Waals surface area contributed by atoms with Gasteiger partial charge in [-0.05, 0) is 30.5 Å². The second-order valence-corrected chi connectivity index (χ2v) is 8.21. The van der Waals surface area contributed by atoms with Gasteiger partial charge in [-0.15, -0.1) is 5.10 Å². The highest BCUT2D eigenvalue weighted by Crippen LogP contribution is 2.37. The van der Waals surface area contributed by atoms with Crippen LogP contribution >= 0.6 is 0 Å². The monoisotopic (exact) mass is 442 g/mol. The van der Waals surface area contributed by atoms with Gasteiger partial charge in [-0.25, -0.2) is 9.50 Å². The van der Waals surface area contributed by atoms with Crippen molar-refractivity contribution in [1.29, 1.82) is 0 Å². The molecule has 4 aromatic heterocycles. The number of pyridine rings is 1. The zero-order chi connectivity index (χ0) is 22.9. The van der Waals surface area contributed by atoms with Crippen LogP contribution in [0.3, 0.4) is 0 Å². The average molecular weight is 443 g/mol. The molecule has 168 valence electrons. The van der Waals surface area contributed by atoms with Crippen LogP contribution in [0.25, 0.3) is 11.2 Å². The van der Waals surface area contributed by atoms with E-state index in [0.717, 1.165) is 29.0 Å². The van der Waals surface area contributed by atoms with Gasteiger partial charge in [0, 0.05) is 31.1 Å². The number of aromatic nitrogens is 6. The van der Waals surface area contributed by atoms with Gasteiger partial charge in [0.15, 0.2) is 0 Å². The van der Waals surface area contributed by atoms with E-state index in [-0.39, 0.29) is 6.04 Å². The summed E-state index contributed by atoms with van der Waals surface area (Å²) in [5.41, 5.74) is 5.84. The lowest BCUT2D eigenvalue weighted by Gasteiger charge is -2.32. The molecule has 5 heterocycles. The fourth-order valence-corrected chi connectivity index (χ4v) is 4.28. The normalized spacial score (nSPS) is 16.8. The smallest absolute Gasteiger partial charge is 0.319 e. The minimum absolute atomic E-state index is 0.251. The summed E-state index contributed by atoms with van der Waals surface area (Å²) in [6.45, 7) is 10.6. The summed E-state index contributed by atoms with van der Waals surface area (Å²) in [4.78, 5) is 14.3. The molecule has 1 aliphatic rings. The number of fused-ring (bicyclic) bond motifs is 2. The van der Waals surface area contributed by atoms with Gasteiger partial charge in [-0.1, -0.05) is 43.7 Å². The van der Waals surface area contributed by atoms with Gasteiger partial charge in [-0.3, -0.25) is 4.99 Å². The minimum Gasteiger partial charge on any atom is -0.402 e. The molecule has 0 aliphatic carbocycles. The molecule has 0 saturated heterocycles. The molecule has 5 rings (SSSR count). The van der Waals surface area contributed by atoms with Gasteiger partial charge in [0.05, 0.1) is 23.2 Å². The van der Waals surface area contributed by atoms with Gasteiger partial charge in [0.1, 0.15) is 11.7 Å². The largest absolute Gasteiger partial charge is 0.402 e. The molecule has 0 unspecified atom stereocenters. The Morgan fingerprint density at radius 2 is 2.24 bits per heavy atom. The lowest BCUT2D eigenvalue weighted by atomic mass is 9.99. The predicted molar refractivity (Wildman–Crippen MR) is 127 cm³/mol. The average Bonchev–Trinajstić information content (AvgIpc) is 3.57. The van der Waals surface area contributed by atoms with Crippen molar-refractivity contribution >= 4 is 23.4 Å². The summed E-state index contributed by atoms with van der Waals surface area (Å²) in [7, 11) is 0. The van der Waals surface area contributed by atoms with E-state index in [1.165, 1.54) is 5.56 Å². The number of allylic oxidation sites excluding steroid dienone is 2. The van der Waals surface area contributed by atoms with Gasteiger partial charge < -0.3 is 14.3 Å². The van der Waals surface area contributed by atoms with Crippen molar-refractivity contribution in [2.75, 3.05) is 11.4 Å². The quantitative estimate of drug-likeness (QED) is 0.446. The fraction of sp³-hybridized carbons (Fsp3) is 0.292. The molecule has 0 bridgehead atoms. The highest BCUT2D eigenvalue weighted by Gasteiger charge is 2.36. The SMILES string of the molecule is C=C/C=N\C(=C/C)c1nnc(N2CCc3[nH]cnc3[C@@H]2c2cc3c(C(C)C)cccn3n2)o1. The number of imidazole rings is 1. The van der Waals surface area contributed by atoms with Crippen molar-refractivity contribution < 1.29 is 4.42 Å². The van der Waals surface area contributed by atoms with E-state index in [4.69, 9.17) is 9.52 Å². The van der Waals surface area contributed by atoms with E-state index in [0.29, 0.717) is 30.1 Å². The van der Waals surface area contributed by atoms with Gasteiger partial charge >= 0.3 is 6.01 Å². The Kier molecular flexibility index (Phi) is 5.37. The van der Waals surface area contributed by atoms with Crippen LogP contribution in [0.2, 0.25) is 0 Å². The minimum atomic E-state index is -0.251. The molecule has 1 aliphatic heterocycles. The van der Waals surface area contributed by atoms with Crippen molar-refractivity contribution in [2.24, 2.45) is 4.99 Å². The molecular weight excluding hydrogens is 416 g/mol. The van der Waals surface area contributed by atoms with E-state index in [1.807, 2.05) is 29.8 Å². The fourth-order valence-electron chi connectivity index (χ4n) is 4.28. The van der Waals surface area contributed by atoms with Crippen LogP contribution in [0.15, 0.2) is 58.9 Å². The van der Waals surface area contributed by atoms with E-state index in [9.17, 15) is 0 Å². The van der Waals surface area contributed by atoms with Crippen LogP contribution in [0.1, 0.15) is 61.3 Å². The first-order valence-electron chi connectivity index (χ1n) is 11.0. The Morgan fingerprint density at radius 3 is 3.03 bits per heavy atom. The molecule has 0 saturated carbocycles. The Bertz CT molecular complexity index is 1360. The topological polar surface area (TPSA) is 100 Å². The molecule has 0 radical (unpaired) electrons. The molecule has 4 aromatic rings. The van der Waals surface area contributed by atoms with E-state index in [1.54, 1.807) is 18.6 Å². The molecule has 0 amide bonds. The van der Waals surface area contributed by atoms with Crippen LogP contribution in [-0.4, -0.2) is 42.5 Å². The molecule has 0 aromatic carbocycles. The number of nitrogens with zero attached hydrogens (tertiary/aromatic N) is 7. The highest BCUT2D eigenvalue weighted by atomic mass is 16.4. The van der Waals surface area contributed by atoms with Crippen LogP contribution in [0, 0.1) is 0 Å². The summed E-state index contributed by atoms with van der Waals surface area (Å²) in [5, 5.41) is 13.5. The van der Waals surface area contributed by atoms with E-state index in [2.05, 4.69) is 62.6 Å². The molecule has 0 fully saturated rings. The first-order valence-corrected chi connectivity index (χ1v) is 11.0. The zero-order valence-corrected chi connectivity index (χ0v) is 18.9. The lowest BCUT2D eigenvalue weighted by Crippen LogP contribution is -2.36. The van der Waals surface area contributed by atoms with Crippen molar-refractivity contribution in [1.82, 2.24) is 29.8 Å². The van der Waals surface area contributed by atoms with Crippen LogP contribution in [0.5, 0.6) is 0 Å². The van der Waals surface area contributed by atoms with Gasteiger partial charge in [-0.2, -0.15) is 5.10 Å². The van der Waals surface area contributed by atoms with Gasteiger partial charge in [0.2, 0.25) is 0 Å². The molecule has 0 spiro atoms. The lowest BCUT2D eigenvalue weighted by molar-refractivity contribution is 0.487.